The first-order valence-corrected chi connectivity index (χ1v) is 10.2. The van der Waals surface area contributed by atoms with E-state index in [1.807, 2.05) is 0 Å². The average molecular weight is 423 g/mol. The lowest BCUT2D eigenvalue weighted by molar-refractivity contribution is -0.119. The molecule has 1 aliphatic rings. The summed E-state index contributed by atoms with van der Waals surface area (Å²) in [5.74, 6) is -0.0668. The monoisotopic (exact) mass is 422 g/mol. The van der Waals surface area contributed by atoms with Crippen LogP contribution in [0.4, 0.5) is 6.01 Å². The topological polar surface area (TPSA) is 119 Å². The van der Waals surface area contributed by atoms with Crippen LogP contribution in [-0.2, 0) is 14.8 Å². The van der Waals surface area contributed by atoms with Gasteiger partial charge in [-0.25, -0.2) is 8.42 Å². The quantitative estimate of drug-likeness (QED) is 0.671. The summed E-state index contributed by atoms with van der Waals surface area (Å²) in [6.07, 6.45) is 2.40. The van der Waals surface area contributed by atoms with Crippen molar-refractivity contribution in [2.75, 3.05) is 11.9 Å². The summed E-state index contributed by atoms with van der Waals surface area (Å²) < 4.78 is 37.5. The number of furan rings is 1. The highest BCUT2D eigenvalue weighted by Gasteiger charge is 2.39. The Bertz CT molecular complexity index is 1080. The van der Waals surface area contributed by atoms with Gasteiger partial charge in [-0.05, 0) is 49.2 Å². The van der Waals surface area contributed by atoms with Crippen molar-refractivity contribution >= 4 is 33.5 Å². The molecule has 1 aliphatic heterocycles. The second-order valence-corrected chi connectivity index (χ2v) is 8.43. The Balaban J connectivity index is 1.51. The second-order valence-electron chi connectivity index (χ2n) is 6.11. The molecule has 1 unspecified atom stereocenters. The number of rotatable bonds is 5. The summed E-state index contributed by atoms with van der Waals surface area (Å²) in [7, 11) is -3.84. The maximum Gasteiger partial charge on any atom is 0.322 e. The predicted molar refractivity (Wildman–Crippen MR) is 99.0 cm³/mol. The van der Waals surface area contributed by atoms with Crippen LogP contribution in [-0.4, -0.2) is 41.4 Å². The van der Waals surface area contributed by atoms with Crippen molar-refractivity contribution in [2.24, 2.45) is 0 Å². The van der Waals surface area contributed by atoms with Crippen LogP contribution < -0.4 is 5.32 Å². The van der Waals surface area contributed by atoms with Gasteiger partial charge in [-0.1, -0.05) is 16.7 Å². The maximum absolute atomic E-state index is 12.9. The van der Waals surface area contributed by atoms with Gasteiger partial charge in [0, 0.05) is 11.6 Å². The van der Waals surface area contributed by atoms with E-state index in [2.05, 4.69) is 15.5 Å². The number of anilines is 1. The first-order chi connectivity index (χ1) is 13.4. The molecule has 3 aromatic rings. The normalized spacial score (nSPS) is 17.7. The van der Waals surface area contributed by atoms with Gasteiger partial charge in [-0.15, -0.1) is 5.10 Å². The highest BCUT2D eigenvalue weighted by molar-refractivity contribution is 7.89. The zero-order chi connectivity index (χ0) is 19.7. The lowest BCUT2D eigenvalue weighted by Gasteiger charge is -2.22. The van der Waals surface area contributed by atoms with Gasteiger partial charge < -0.3 is 8.83 Å². The molecule has 9 nitrogen and oxygen atoms in total. The highest BCUT2D eigenvalue weighted by atomic mass is 35.5. The van der Waals surface area contributed by atoms with Crippen LogP contribution in [0.1, 0.15) is 12.8 Å². The minimum Gasteiger partial charge on any atom is -0.459 e. The van der Waals surface area contributed by atoms with E-state index in [4.69, 9.17) is 20.4 Å². The third-order valence-corrected chi connectivity index (χ3v) is 6.49. The fourth-order valence-electron chi connectivity index (χ4n) is 2.99. The summed E-state index contributed by atoms with van der Waals surface area (Å²) in [6.45, 7) is 0.241. The summed E-state index contributed by atoms with van der Waals surface area (Å²) in [6, 6.07) is 8.11. The molecular formula is C17H15ClN4O5S. The lowest BCUT2D eigenvalue weighted by Crippen LogP contribution is -2.43. The second kappa shape index (κ2) is 7.38. The van der Waals surface area contributed by atoms with Crippen molar-refractivity contribution in [3.05, 3.63) is 47.7 Å². The van der Waals surface area contributed by atoms with E-state index in [0.717, 1.165) is 0 Å². The molecule has 0 saturated carbocycles. The SMILES string of the molecule is O=C(Nc1nnc(-c2ccco2)o1)C1CCCN1S(=O)(=O)c1ccc(Cl)cc1. The number of hydrogen-bond donors (Lipinski definition) is 1. The van der Waals surface area contributed by atoms with E-state index in [0.29, 0.717) is 23.6 Å². The van der Waals surface area contributed by atoms with Crippen molar-refractivity contribution in [3.8, 4) is 11.7 Å². The van der Waals surface area contributed by atoms with Gasteiger partial charge in [-0.3, -0.25) is 10.1 Å². The Hall–Kier alpha value is -2.69. The molecule has 0 spiro atoms. The largest absolute Gasteiger partial charge is 0.459 e. The van der Waals surface area contributed by atoms with Crippen LogP contribution >= 0.6 is 11.6 Å². The third-order valence-electron chi connectivity index (χ3n) is 4.31. The maximum atomic E-state index is 12.9. The van der Waals surface area contributed by atoms with Gasteiger partial charge in [0.05, 0.1) is 11.2 Å². The van der Waals surface area contributed by atoms with Gasteiger partial charge in [0.2, 0.25) is 15.9 Å². The predicted octanol–water partition coefficient (Wildman–Crippen LogP) is 2.77. The zero-order valence-corrected chi connectivity index (χ0v) is 16.0. The van der Waals surface area contributed by atoms with E-state index in [1.165, 1.54) is 34.8 Å². The molecule has 1 N–H and O–H groups in total. The smallest absolute Gasteiger partial charge is 0.322 e. The van der Waals surface area contributed by atoms with E-state index >= 15 is 0 Å². The molecule has 146 valence electrons. The van der Waals surface area contributed by atoms with Gasteiger partial charge in [0.15, 0.2) is 5.76 Å². The number of aromatic nitrogens is 2. The van der Waals surface area contributed by atoms with Crippen molar-refractivity contribution in [1.29, 1.82) is 0 Å². The van der Waals surface area contributed by atoms with Crippen LogP contribution in [0, 0.1) is 0 Å². The zero-order valence-electron chi connectivity index (χ0n) is 14.4. The van der Waals surface area contributed by atoms with Crippen LogP contribution in [0.15, 0.2) is 56.4 Å². The Morgan fingerprint density at radius 3 is 2.71 bits per heavy atom. The number of amides is 1. The van der Waals surface area contributed by atoms with E-state index in [-0.39, 0.29) is 23.3 Å². The third kappa shape index (κ3) is 3.53. The Kier molecular flexibility index (Phi) is 4.92. The molecule has 0 radical (unpaired) electrons. The molecule has 1 saturated heterocycles. The van der Waals surface area contributed by atoms with Gasteiger partial charge in [0.1, 0.15) is 6.04 Å². The van der Waals surface area contributed by atoms with Crippen LogP contribution in [0.5, 0.6) is 0 Å². The minimum absolute atomic E-state index is 0.0782. The van der Waals surface area contributed by atoms with E-state index in [9.17, 15) is 13.2 Å². The van der Waals surface area contributed by atoms with E-state index < -0.39 is 22.0 Å². The molecule has 0 bridgehead atoms. The fraction of sp³-hybridized carbons (Fsp3) is 0.235. The summed E-state index contributed by atoms with van der Waals surface area (Å²) in [4.78, 5) is 12.7. The molecular weight excluding hydrogens is 408 g/mol. The van der Waals surface area contributed by atoms with Crippen molar-refractivity contribution < 1.29 is 22.0 Å². The molecule has 3 heterocycles. The summed E-state index contributed by atoms with van der Waals surface area (Å²) in [5.41, 5.74) is 0. The Morgan fingerprint density at radius 2 is 2.00 bits per heavy atom. The van der Waals surface area contributed by atoms with Gasteiger partial charge in [0.25, 0.3) is 5.89 Å². The molecule has 2 aromatic heterocycles. The molecule has 4 rings (SSSR count). The number of hydrogen-bond acceptors (Lipinski definition) is 7. The van der Waals surface area contributed by atoms with Crippen LogP contribution in [0.25, 0.3) is 11.7 Å². The molecule has 11 heteroatoms. The number of nitrogens with one attached hydrogen (secondary N) is 1. The van der Waals surface area contributed by atoms with Gasteiger partial charge >= 0.3 is 6.01 Å². The fourth-order valence-corrected chi connectivity index (χ4v) is 4.78. The first kappa shape index (κ1) is 18.7. The molecule has 1 fully saturated rings. The highest BCUT2D eigenvalue weighted by Crippen LogP contribution is 2.28. The molecule has 1 aromatic carbocycles. The molecule has 1 atom stereocenters. The van der Waals surface area contributed by atoms with Crippen molar-refractivity contribution in [3.63, 3.8) is 0 Å². The Morgan fingerprint density at radius 1 is 1.21 bits per heavy atom. The summed E-state index contributed by atoms with van der Waals surface area (Å²) >= 11 is 5.83. The number of nitrogens with zero attached hydrogens (tertiary/aromatic N) is 3. The standard InChI is InChI=1S/C17H15ClN4O5S/c18-11-5-7-12(8-6-11)28(24,25)22-9-1-3-13(22)15(23)19-17-21-20-16(27-17)14-4-2-10-26-14/h2,4-8,10,13H,1,3,9H2,(H,19,21,23). The van der Waals surface area contributed by atoms with Crippen molar-refractivity contribution in [2.45, 2.75) is 23.8 Å². The van der Waals surface area contributed by atoms with Crippen molar-refractivity contribution in [1.82, 2.24) is 14.5 Å². The molecule has 28 heavy (non-hydrogen) atoms. The number of carbonyl (C=O) groups is 1. The number of carbonyl (C=O) groups excluding carboxylic acids is 1. The minimum atomic E-state index is -3.84. The van der Waals surface area contributed by atoms with Gasteiger partial charge in [-0.2, -0.15) is 4.31 Å². The molecule has 1 amide bonds. The lowest BCUT2D eigenvalue weighted by atomic mass is 10.2. The van der Waals surface area contributed by atoms with Crippen LogP contribution in [0.3, 0.4) is 0 Å². The number of sulfonamides is 1. The van der Waals surface area contributed by atoms with Crippen LogP contribution in [0.2, 0.25) is 5.02 Å². The Labute approximate surface area is 165 Å². The first-order valence-electron chi connectivity index (χ1n) is 8.41. The number of benzene rings is 1. The van der Waals surface area contributed by atoms with E-state index in [1.54, 1.807) is 12.1 Å². The average Bonchev–Trinajstić information content (AvgIpc) is 3.42. The summed E-state index contributed by atoms with van der Waals surface area (Å²) in [5, 5.41) is 10.4. The molecule has 0 aliphatic carbocycles. The number of halogens is 1.